The lowest BCUT2D eigenvalue weighted by atomic mass is 10.2. The van der Waals surface area contributed by atoms with E-state index in [2.05, 4.69) is 16.0 Å². The highest BCUT2D eigenvalue weighted by Crippen LogP contribution is 2.21. The molecule has 5 heteroatoms. The third kappa shape index (κ3) is 2.07. The molecule has 0 bridgehead atoms. The van der Waals surface area contributed by atoms with E-state index in [4.69, 9.17) is 5.26 Å². The molecule has 2 rings (SSSR count). The maximum absolute atomic E-state index is 8.83. The monoisotopic (exact) mass is 229 g/mol. The van der Waals surface area contributed by atoms with Crippen LogP contribution in [0.5, 0.6) is 0 Å². The van der Waals surface area contributed by atoms with Crippen molar-refractivity contribution in [1.29, 1.82) is 5.26 Å². The number of aromatic nitrogens is 3. The summed E-state index contributed by atoms with van der Waals surface area (Å²) >= 11 is 0. The smallest absolute Gasteiger partial charge is 0.156 e. The molecular weight excluding hydrogens is 214 g/mol. The molecule has 0 fully saturated rings. The van der Waals surface area contributed by atoms with E-state index >= 15 is 0 Å². The minimum absolute atomic E-state index is 0.0271. The van der Waals surface area contributed by atoms with Crippen LogP contribution in [0.15, 0.2) is 18.6 Å². The fourth-order valence-corrected chi connectivity index (χ4v) is 1.87. The Morgan fingerprint density at radius 2 is 2.29 bits per heavy atom. The van der Waals surface area contributed by atoms with Crippen molar-refractivity contribution in [2.75, 3.05) is 18.5 Å². The highest BCUT2D eigenvalue weighted by atomic mass is 15.2. The van der Waals surface area contributed by atoms with Gasteiger partial charge in [-0.2, -0.15) is 5.26 Å². The van der Waals surface area contributed by atoms with Gasteiger partial charge in [-0.1, -0.05) is 0 Å². The van der Waals surface area contributed by atoms with Crippen molar-refractivity contribution in [2.45, 2.75) is 6.92 Å². The zero-order chi connectivity index (χ0) is 12.4. The maximum Gasteiger partial charge on any atom is 0.156 e. The summed E-state index contributed by atoms with van der Waals surface area (Å²) < 4.78 is 1.96. The highest BCUT2D eigenvalue weighted by molar-refractivity contribution is 5.86. The zero-order valence-corrected chi connectivity index (χ0v) is 10.3. The summed E-state index contributed by atoms with van der Waals surface area (Å²) in [6.45, 7) is 2.55. The van der Waals surface area contributed by atoms with Gasteiger partial charge in [0.05, 0.1) is 23.8 Å². The van der Waals surface area contributed by atoms with Crippen LogP contribution in [-0.2, 0) is 7.05 Å². The van der Waals surface area contributed by atoms with Crippen LogP contribution >= 0.6 is 0 Å². The van der Waals surface area contributed by atoms with Crippen molar-refractivity contribution in [1.82, 2.24) is 14.5 Å². The number of nitrogens with zero attached hydrogens (tertiary/aromatic N) is 5. The predicted molar refractivity (Wildman–Crippen MR) is 66.6 cm³/mol. The van der Waals surface area contributed by atoms with Crippen LogP contribution in [0.1, 0.15) is 6.92 Å². The quantitative estimate of drug-likeness (QED) is 0.801. The minimum Gasteiger partial charge on any atom is -0.357 e. The van der Waals surface area contributed by atoms with Crippen molar-refractivity contribution >= 4 is 16.9 Å². The van der Waals surface area contributed by atoms with Gasteiger partial charge in [-0.25, -0.2) is 9.97 Å². The molecule has 0 N–H and O–H groups in total. The Kier molecular flexibility index (Phi) is 2.96. The first-order valence-electron chi connectivity index (χ1n) is 5.50. The summed E-state index contributed by atoms with van der Waals surface area (Å²) in [6.07, 6.45) is 3.55. The van der Waals surface area contributed by atoms with Gasteiger partial charge in [0.2, 0.25) is 0 Å². The lowest BCUT2D eigenvalue weighted by Crippen LogP contribution is -2.24. The number of rotatable bonds is 3. The summed E-state index contributed by atoms with van der Waals surface area (Å²) in [6, 6.07) is 4.16. The molecule has 2 aromatic heterocycles. The number of anilines is 1. The van der Waals surface area contributed by atoms with Crippen molar-refractivity contribution in [3.63, 3.8) is 0 Å². The Bertz CT molecular complexity index is 566. The summed E-state index contributed by atoms with van der Waals surface area (Å²) in [5.41, 5.74) is 1.93. The summed E-state index contributed by atoms with van der Waals surface area (Å²) in [7, 11) is 3.89. The van der Waals surface area contributed by atoms with Crippen LogP contribution in [0.2, 0.25) is 0 Å². The first-order chi connectivity index (χ1) is 8.13. The van der Waals surface area contributed by atoms with E-state index < -0.39 is 0 Å². The number of nitriles is 1. The first kappa shape index (κ1) is 11.4. The highest BCUT2D eigenvalue weighted by Gasteiger charge is 2.13. The molecule has 0 spiro atoms. The van der Waals surface area contributed by atoms with E-state index in [0.29, 0.717) is 6.54 Å². The number of fused-ring (bicyclic) bond motifs is 1. The van der Waals surface area contributed by atoms with Gasteiger partial charge in [-0.3, -0.25) is 0 Å². The van der Waals surface area contributed by atoms with Gasteiger partial charge in [-0.15, -0.1) is 0 Å². The molecule has 2 aromatic rings. The summed E-state index contributed by atoms with van der Waals surface area (Å²) in [4.78, 5) is 10.7. The molecule has 0 aliphatic rings. The molecule has 0 aromatic carbocycles. The molecular formula is C12H15N5. The Morgan fingerprint density at radius 1 is 1.53 bits per heavy atom. The van der Waals surface area contributed by atoms with E-state index in [1.54, 1.807) is 12.5 Å². The second-order valence-electron chi connectivity index (χ2n) is 4.27. The fourth-order valence-electron chi connectivity index (χ4n) is 1.87. The molecule has 1 atom stereocenters. The summed E-state index contributed by atoms with van der Waals surface area (Å²) in [5, 5.41) is 8.83. The van der Waals surface area contributed by atoms with Crippen LogP contribution in [0.25, 0.3) is 11.0 Å². The molecule has 0 amide bonds. The number of pyridine rings is 1. The number of aryl methyl sites for hydroxylation is 1. The topological polar surface area (TPSA) is 57.7 Å². The normalized spacial score (nSPS) is 12.4. The molecule has 0 aliphatic carbocycles. The van der Waals surface area contributed by atoms with Crippen molar-refractivity contribution in [3.8, 4) is 6.07 Å². The zero-order valence-electron chi connectivity index (χ0n) is 10.3. The second kappa shape index (κ2) is 4.42. The van der Waals surface area contributed by atoms with E-state index in [9.17, 15) is 0 Å². The molecule has 1 unspecified atom stereocenters. The predicted octanol–water partition coefficient (Wildman–Crippen LogP) is 1.56. The average molecular weight is 229 g/mol. The van der Waals surface area contributed by atoms with Crippen LogP contribution in [-0.4, -0.2) is 28.1 Å². The van der Waals surface area contributed by atoms with Gasteiger partial charge < -0.3 is 9.47 Å². The molecule has 0 radical (unpaired) electrons. The van der Waals surface area contributed by atoms with E-state index in [0.717, 1.165) is 16.9 Å². The van der Waals surface area contributed by atoms with Gasteiger partial charge in [-0.05, 0) is 13.0 Å². The van der Waals surface area contributed by atoms with Gasteiger partial charge in [0, 0.05) is 26.8 Å². The number of hydrogen-bond acceptors (Lipinski definition) is 4. The van der Waals surface area contributed by atoms with E-state index in [-0.39, 0.29) is 5.92 Å². The maximum atomic E-state index is 8.83. The van der Waals surface area contributed by atoms with E-state index in [1.165, 1.54) is 0 Å². The van der Waals surface area contributed by atoms with Gasteiger partial charge >= 0.3 is 0 Å². The molecule has 0 aliphatic heterocycles. The Morgan fingerprint density at radius 3 is 3.00 bits per heavy atom. The van der Waals surface area contributed by atoms with Crippen LogP contribution < -0.4 is 4.90 Å². The summed E-state index contributed by atoms with van der Waals surface area (Å²) in [5.74, 6) is 0.797. The van der Waals surface area contributed by atoms with Gasteiger partial charge in [0.15, 0.2) is 5.82 Å². The standard InChI is InChI=1S/C12H15N5/c1-9(6-13)7-16(2)12-11-10(4-5-14-12)17(3)8-15-11/h4-5,8-9H,7H2,1-3H3. The van der Waals surface area contributed by atoms with Gasteiger partial charge in [0.1, 0.15) is 5.52 Å². The molecule has 0 saturated heterocycles. The van der Waals surface area contributed by atoms with Crippen molar-refractivity contribution in [2.24, 2.45) is 13.0 Å². The third-order valence-corrected chi connectivity index (χ3v) is 2.75. The van der Waals surface area contributed by atoms with Crippen LogP contribution in [0, 0.1) is 17.2 Å². The van der Waals surface area contributed by atoms with E-state index in [1.807, 2.05) is 36.6 Å². The largest absolute Gasteiger partial charge is 0.357 e. The fraction of sp³-hybridized carbons (Fsp3) is 0.417. The molecule has 5 nitrogen and oxygen atoms in total. The molecule has 2 heterocycles. The Hall–Kier alpha value is -2.09. The molecule has 0 saturated carbocycles. The number of hydrogen-bond donors (Lipinski definition) is 0. The number of imidazole rings is 1. The van der Waals surface area contributed by atoms with Crippen LogP contribution in [0.3, 0.4) is 0 Å². The third-order valence-electron chi connectivity index (χ3n) is 2.75. The minimum atomic E-state index is -0.0271. The lowest BCUT2D eigenvalue weighted by molar-refractivity contribution is 0.712. The molecule has 17 heavy (non-hydrogen) atoms. The average Bonchev–Trinajstić information content (AvgIpc) is 2.71. The van der Waals surface area contributed by atoms with Crippen LogP contribution in [0.4, 0.5) is 5.82 Å². The second-order valence-corrected chi connectivity index (χ2v) is 4.27. The molecule has 88 valence electrons. The Labute approximate surface area is 100 Å². The van der Waals surface area contributed by atoms with Crippen molar-refractivity contribution in [3.05, 3.63) is 18.6 Å². The first-order valence-corrected chi connectivity index (χ1v) is 5.50. The lowest BCUT2D eigenvalue weighted by Gasteiger charge is -2.19. The van der Waals surface area contributed by atoms with Gasteiger partial charge in [0.25, 0.3) is 0 Å². The SMILES string of the molecule is CC(C#N)CN(C)c1nccc2c1ncn2C. The van der Waals surface area contributed by atoms with Crippen molar-refractivity contribution < 1.29 is 0 Å². The Balaban J connectivity index is 2.39.